The molecule has 1 aromatic rings. The number of nitrogens with one attached hydrogen (secondary N) is 1. The lowest BCUT2D eigenvalue weighted by Crippen LogP contribution is -2.01. The molecule has 0 aromatic carbocycles. The van der Waals surface area contributed by atoms with E-state index in [4.69, 9.17) is 17.3 Å². The van der Waals surface area contributed by atoms with Crippen LogP contribution in [0, 0.1) is 0 Å². The molecule has 1 rings (SSSR count). The fourth-order valence-corrected chi connectivity index (χ4v) is 0.935. The summed E-state index contributed by atoms with van der Waals surface area (Å²) in [6, 6.07) is 3.63. The summed E-state index contributed by atoms with van der Waals surface area (Å²) in [4.78, 5) is 4.07. The van der Waals surface area contributed by atoms with E-state index >= 15 is 0 Å². The number of nitrogens with zero attached hydrogens (tertiary/aromatic N) is 1. The summed E-state index contributed by atoms with van der Waals surface area (Å²) in [5.41, 5.74) is 5.28. The molecule has 1 heterocycles. The molecule has 0 aliphatic heterocycles. The highest BCUT2D eigenvalue weighted by Gasteiger charge is 1.90. The minimum Gasteiger partial charge on any atom is -0.367 e. The molecule has 0 aliphatic rings. The number of nitrogens with two attached hydrogens (primary N) is 1. The van der Waals surface area contributed by atoms with Crippen molar-refractivity contribution in [3.63, 3.8) is 0 Å². The van der Waals surface area contributed by atoms with E-state index in [1.54, 1.807) is 12.3 Å². The van der Waals surface area contributed by atoms with Crippen molar-refractivity contribution in [2.24, 2.45) is 5.73 Å². The molecule has 0 amide bonds. The zero-order valence-corrected chi connectivity index (χ0v) is 7.96. The van der Waals surface area contributed by atoms with Gasteiger partial charge in [0.15, 0.2) is 0 Å². The lowest BCUT2D eigenvalue weighted by atomic mass is 10.4. The highest BCUT2D eigenvalue weighted by molar-refractivity contribution is 6.30. The van der Waals surface area contributed by atoms with E-state index in [1.165, 1.54) is 0 Å². The number of hydrogen-bond donors (Lipinski definition) is 2. The van der Waals surface area contributed by atoms with Gasteiger partial charge in [-0.05, 0) is 12.1 Å². The first-order chi connectivity index (χ1) is 6.33. The number of aromatic nitrogens is 1. The molecule has 1 aromatic heterocycles. The van der Waals surface area contributed by atoms with E-state index in [0.29, 0.717) is 11.6 Å². The van der Waals surface area contributed by atoms with Gasteiger partial charge in [0.05, 0.1) is 5.02 Å². The first-order valence-corrected chi connectivity index (χ1v) is 4.41. The van der Waals surface area contributed by atoms with Gasteiger partial charge in [0, 0.05) is 19.3 Å². The molecular weight excluding hydrogens is 186 g/mol. The Morgan fingerprint density at radius 3 is 2.92 bits per heavy atom. The Balaban J connectivity index is 2.37. The van der Waals surface area contributed by atoms with Crippen LogP contribution in [0.15, 0.2) is 30.5 Å². The summed E-state index contributed by atoms with van der Waals surface area (Å²) in [6.45, 7) is 1.29. The third-order valence-electron chi connectivity index (χ3n) is 1.43. The van der Waals surface area contributed by atoms with E-state index < -0.39 is 0 Å². The molecule has 0 unspecified atom stereocenters. The van der Waals surface area contributed by atoms with Crippen molar-refractivity contribution in [2.75, 3.05) is 18.4 Å². The Morgan fingerprint density at radius 1 is 1.46 bits per heavy atom. The van der Waals surface area contributed by atoms with Crippen molar-refractivity contribution in [2.45, 2.75) is 0 Å². The maximum Gasteiger partial charge on any atom is 0.126 e. The Morgan fingerprint density at radius 2 is 2.31 bits per heavy atom. The van der Waals surface area contributed by atoms with E-state index in [0.717, 1.165) is 12.4 Å². The van der Waals surface area contributed by atoms with Gasteiger partial charge in [0.25, 0.3) is 0 Å². The number of pyridine rings is 1. The van der Waals surface area contributed by atoms with Crippen molar-refractivity contribution in [1.29, 1.82) is 0 Å². The maximum absolute atomic E-state index is 5.67. The second-order valence-corrected chi connectivity index (χ2v) is 2.89. The largest absolute Gasteiger partial charge is 0.367 e. The third kappa shape index (κ3) is 3.92. The van der Waals surface area contributed by atoms with Crippen molar-refractivity contribution in [1.82, 2.24) is 4.98 Å². The minimum atomic E-state index is 0.565. The van der Waals surface area contributed by atoms with Crippen LogP contribution in [0.4, 0.5) is 5.82 Å². The zero-order valence-electron chi connectivity index (χ0n) is 7.20. The standard InChI is InChI=1S/C9H12ClN3/c10-8-3-4-9(13-7-8)12-6-2-1-5-11/h1-4,7H,5-6,11H2,(H,12,13)/b2-1+. The number of anilines is 1. The summed E-state index contributed by atoms with van der Waals surface area (Å²) < 4.78 is 0. The summed E-state index contributed by atoms with van der Waals surface area (Å²) in [7, 11) is 0. The molecule has 0 fully saturated rings. The third-order valence-corrected chi connectivity index (χ3v) is 1.65. The van der Waals surface area contributed by atoms with Gasteiger partial charge >= 0.3 is 0 Å². The smallest absolute Gasteiger partial charge is 0.126 e. The molecule has 0 spiro atoms. The maximum atomic E-state index is 5.67. The molecule has 0 saturated carbocycles. The van der Waals surface area contributed by atoms with Crippen LogP contribution in [0.3, 0.4) is 0 Å². The van der Waals surface area contributed by atoms with Gasteiger partial charge in [0.2, 0.25) is 0 Å². The van der Waals surface area contributed by atoms with Crippen LogP contribution in [0.5, 0.6) is 0 Å². The van der Waals surface area contributed by atoms with Gasteiger partial charge in [-0.1, -0.05) is 23.8 Å². The van der Waals surface area contributed by atoms with E-state index in [-0.39, 0.29) is 0 Å². The summed E-state index contributed by atoms with van der Waals surface area (Å²) in [5, 5.41) is 3.74. The molecule has 4 heteroatoms. The van der Waals surface area contributed by atoms with Crippen molar-refractivity contribution < 1.29 is 0 Å². The molecule has 70 valence electrons. The predicted octanol–water partition coefficient (Wildman–Crippen LogP) is 1.66. The van der Waals surface area contributed by atoms with Crippen molar-refractivity contribution >= 4 is 17.4 Å². The summed E-state index contributed by atoms with van der Waals surface area (Å²) in [6.07, 6.45) is 5.45. The van der Waals surface area contributed by atoms with Gasteiger partial charge in [0.1, 0.15) is 5.82 Å². The Labute approximate surface area is 82.6 Å². The minimum absolute atomic E-state index is 0.565. The topological polar surface area (TPSA) is 50.9 Å². The Bertz CT molecular complexity index is 269. The van der Waals surface area contributed by atoms with Gasteiger partial charge in [-0.25, -0.2) is 4.98 Å². The zero-order chi connectivity index (χ0) is 9.52. The lowest BCUT2D eigenvalue weighted by molar-refractivity contribution is 1.20. The average Bonchev–Trinajstić information content (AvgIpc) is 2.15. The molecule has 13 heavy (non-hydrogen) atoms. The molecule has 0 atom stereocenters. The van der Waals surface area contributed by atoms with Gasteiger partial charge in [-0.2, -0.15) is 0 Å². The molecule has 3 N–H and O–H groups in total. The van der Waals surface area contributed by atoms with Crippen LogP contribution >= 0.6 is 11.6 Å². The normalized spacial score (nSPS) is 10.6. The predicted molar refractivity (Wildman–Crippen MR) is 55.9 cm³/mol. The van der Waals surface area contributed by atoms with Crippen LogP contribution in [0.25, 0.3) is 0 Å². The van der Waals surface area contributed by atoms with Gasteiger partial charge in [-0.15, -0.1) is 0 Å². The Kier molecular flexibility index (Phi) is 4.29. The lowest BCUT2D eigenvalue weighted by Gasteiger charge is -2.00. The van der Waals surface area contributed by atoms with Crippen LogP contribution in [0.1, 0.15) is 0 Å². The summed E-state index contributed by atoms with van der Waals surface area (Å²) >= 11 is 5.67. The average molecular weight is 198 g/mol. The second kappa shape index (κ2) is 5.56. The SMILES string of the molecule is NC/C=C/CNc1ccc(Cl)cn1. The fraction of sp³-hybridized carbons (Fsp3) is 0.222. The quantitative estimate of drug-likeness (QED) is 0.722. The first-order valence-electron chi connectivity index (χ1n) is 4.03. The van der Waals surface area contributed by atoms with Gasteiger partial charge in [-0.3, -0.25) is 0 Å². The second-order valence-electron chi connectivity index (χ2n) is 2.45. The molecule has 0 aliphatic carbocycles. The fourth-order valence-electron chi connectivity index (χ4n) is 0.823. The summed E-state index contributed by atoms with van der Waals surface area (Å²) in [5.74, 6) is 0.811. The van der Waals surface area contributed by atoms with Crippen LogP contribution < -0.4 is 11.1 Å². The first kappa shape index (κ1) is 10.0. The molecule has 3 nitrogen and oxygen atoms in total. The molecule has 0 bridgehead atoms. The monoisotopic (exact) mass is 197 g/mol. The Hall–Kier alpha value is -1.06. The van der Waals surface area contributed by atoms with E-state index in [2.05, 4.69) is 10.3 Å². The van der Waals surface area contributed by atoms with Crippen LogP contribution in [0.2, 0.25) is 5.02 Å². The molecular formula is C9H12ClN3. The van der Waals surface area contributed by atoms with E-state index in [9.17, 15) is 0 Å². The highest BCUT2D eigenvalue weighted by Crippen LogP contribution is 2.08. The van der Waals surface area contributed by atoms with Crippen LogP contribution in [-0.2, 0) is 0 Å². The molecule has 0 saturated heterocycles. The number of halogens is 1. The van der Waals surface area contributed by atoms with Crippen molar-refractivity contribution in [3.05, 3.63) is 35.5 Å². The van der Waals surface area contributed by atoms with Gasteiger partial charge < -0.3 is 11.1 Å². The number of hydrogen-bond acceptors (Lipinski definition) is 3. The van der Waals surface area contributed by atoms with Crippen LogP contribution in [-0.4, -0.2) is 18.1 Å². The van der Waals surface area contributed by atoms with E-state index in [1.807, 2.05) is 18.2 Å². The number of rotatable bonds is 4. The van der Waals surface area contributed by atoms with Crippen molar-refractivity contribution in [3.8, 4) is 0 Å². The molecule has 0 radical (unpaired) electrons. The highest BCUT2D eigenvalue weighted by atomic mass is 35.5.